The number of hydrogen-bond acceptors (Lipinski definition) is 7. The molecule has 2 aromatic heterocycles. The predicted octanol–water partition coefficient (Wildman–Crippen LogP) is 5.02. The third-order valence-corrected chi connectivity index (χ3v) is 6.17. The molecule has 33 heavy (non-hydrogen) atoms. The minimum atomic E-state index is -0.534. The number of aromatic nitrogens is 2. The third-order valence-electron chi connectivity index (χ3n) is 5.30. The van der Waals surface area contributed by atoms with E-state index in [2.05, 4.69) is 46.5 Å². The number of amides is 1. The zero-order valence-electron chi connectivity index (χ0n) is 19.5. The van der Waals surface area contributed by atoms with Gasteiger partial charge in [0.15, 0.2) is 5.13 Å². The van der Waals surface area contributed by atoms with Crippen molar-refractivity contribution in [1.82, 2.24) is 14.9 Å². The summed E-state index contributed by atoms with van der Waals surface area (Å²) in [7, 11) is 0. The Labute approximate surface area is 199 Å². The van der Waals surface area contributed by atoms with Gasteiger partial charge in [-0.25, -0.2) is 9.78 Å². The fourth-order valence-corrected chi connectivity index (χ4v) is 4.55. The molecule has 174 valence electrons. The van der Waals surface area contributed by atoms with Gasteiger partial charge in [-0.3, -0.25) is 4.98 Å². The van der Waals surface area contributed by atoms with Crippen molar-refractivity contribution in [3.8, 4) is 17.0 Å². The predicted molar refractivity (Wildman–Crippen MR) is 131 cm³/mol. The molecule has 1 atom stereocenters. The smallest absolute Gasteiger partial charge is 0.410 e. The van der Waals surface area contributed by atoms with Gasteiger partial charge < -0.3 is 19.3 Å². The van der Waals surface area contributed by atoms with E-state index >= 15 is 0 Å². The number of piperazine rings is 1. The topological polar surface area (TPSA) is 67.8 Å². The van der Waals surface area contributed by atoms with Gasteiger partial charge in [0, 0.05) is 36.8 Å². The fraction of sp³-hybridized carbons (Fsp3) is 0.400. The van der Waals surface area contributed by atoms with E-state index in [4.69, 9.17) is 14.5 Å². The molecule has 3 heterocycles. The normalized spacial score (nSPS) is 16.5. The van der Waals surface area contributed by atoms with Crippen molar-refractivity contribution in [3.63, 3.8) is 0 Å². The lowest BCUT2D eigenvalue weighted by molar-refractivity contribution is 0.0201. The van der Waals surface area contributed by atoms with E-state index < -0.39 is 5.60 Å². The van der Waals surface area contributed by atoms with Gasteiger partial charge in [-0.15, -0.1) is 11.3 Å². The van der Waals surface area contributed by atoms with Gasteiger partial charge in [-0.1, -0.05) is 29.8 Å². The van der Waals surface area contributed by atoms with E-state index in [0.29, 0.717) is 32.0 Å². The van der Waals surface area contributed by atoms with Crippen LogP contribution in [0.25, 0.3) is 11.3 Å². The summed E-state index contributed by atoms with van der Waals surface area (Å²) in [5.74, 6) is 0.700. The van der Waals surface area contributed by atoms with Crippen LogP contribution in [0.2, 0.25) is 0 Å². The Bertz CT molecular complexity index is 1060. The van der Waals surface area contributed by atoms with Crippen molar-refractivity contribution in [1.29, 1.82) is 0 Å². The van der Waals surface area contributed by atoms with Crippen LogP contribution in [0.5, 0.6) is 5.75 Å². The Morgan fingerprint density at radius 1 is 1.18 bits per heavy atom. The maximum atomic E-state index is 12.7. The highest BCUT2D eigenvalue weighted by Crippen LogP contribution is 2.30. The van der Waals surface area contributed by atoms with Crippen LogP contribution in [0.1, 0.15) is 26.3 Å². The molecule has 1 fully saturated rings. The average molecular weight is 467 g/mol. The van der Waals surface area contributed by atoms with Crippen molar-refractivity contribution < 1.29 is 14.3 Å². The molecule has 1 unspecified atom stereocenters. The molecule has 8 heteroatoms. The van der Waals surface area contributed by atoms with Gasteiger partial charge in [-0.2, -0.15) is 0 Å². The average Bonchev–Trinajstić information content (AvgIpc) is 3.27. The molecule has 0 saturated carbocycles. The van der Waals surface area contributed by atoms with E-state index in [1.807, 2.05) is 32.9 Å². The molecule has 0 bridgehead atoms. The first-order valence-electron chi connectivity index (χ1n) is 11.1. The SMILES string of the molecule is Cc1ccc(-c2csc(N3CCN(C(=O)OC(C)(C)C)CC3COc3cccnc3)n2)cc1. The van der Waals surface area contributed by atoms with Crippen LogP contribution < -0.4 is 9.64 Å². The molecule has 4 rings (SSSR count). The maximum absolute atomic E-state index is 12.7. The minimum absolute atomic E-state index is 0.0662. The van der Waals surface area contributed by atoms with Gasteiger partial charge >= 0.3 is 6.09 Å². The first-order chi connectivity index (χ1) is 15.8. The summed E-state index contributed by atoms with van der Waals surface area (Å²) < 4.78 is 11.6. The molecular weight excluding hydrogens is 436 g/mol. The highest BCUT2D eigenvalue weighted by atomic mass is 32.1. The lowest BCUT2D eigenvalue weighted by Crippen LogP contribution is -2.57. The number of carbonyl (C=O) groups excluding carboxylic acids is 1. The summed E-state index contributed by atoms with van der Waals surface area (Å²) in [5.41, 5.74) is 2.74. The number of benzene rings is 1. The molecule has 1 saturated heterocycles. The highest BCUT2D eigenvalue weighted by Gasteiger charge is 2.34. The van der Waals surface area contributed by atoms with Gasteiger partial charge in [0.1, 0.15) is 18.0 Å². The highest BCUT2D eigenvalue weighted by molar-refractivity contribution is 7.14. The van der Waals surface area contributed by atoms with E-state index in [-0.39, 0.29) is 12.1 Å². The Morgan fingerprint density at radius 2 is 1.97 bits per heavy atom. The van der Waals surface area contributed by atoms with E-state index in [0.717, 1.165) is 16.4 Å². The first-order valence-corrected chi connectivity index (χ1v) is 12.0. The number of hydrogen-bond donors (Lipinski definition) is 0. The number of carbonyl (C=O) groups is 1. The van der Waals surface area contributed by atoms with Crippen LogP contribution in [0.15, 0.2) is 54.2 Å². The number of aryl methyl sites for hydroxylation is 1. The lowest BCUT2D eigenvalue weighted by atomic mass is 10.1. The molecule has 1 aliphatic rings. The van der Waals surface area contributed by atoms with Gasteiger partial charge in [0.05, 0.1) is 17.9 Å². The largest absolute Gasteiger partial charge is 0.490 e. The molecule has 0 aliphatic carbocycles. The first kappa shape index (κ1) is 23.0. The summed E-state index contributed by atoms with van der Waals surface area (Å²) in [5, 5.41) is 3.01. The number of anilines is 1. The van der Waals surface area contributed by atoms with Crippen molar-refractivity contribution in [2.24, 2.45) is 0 Å². The summed E-state index contributed by atoms with van der Waals surface area (Å²) in [6.45, 7) is 9.84. The molecule has 3 aromatic rings. The van der Waals surface area contributed by atoms with E-state index in [9.17, 15) is 4.79 Å². The van der Waals surface area contributed by atoms with Crippen LogP contribution in [0, 0.1) is 6.92 Å². The molecule has 1 aromatic carbocycles. The van der Waals surface area contributed by atoms with Gasteiger partial charge in [-0.05, 0) is 39.8 Å². The van der Waals surface area contributed by atoms with Crippen LogP contribution in [0.3, 0.4) is 0 Å². The lowest BCUT2D eigenvalue weighted by Gasteiger charge is -2.41. The molecule has 0 N–H and O–H groups in total. The van der Waals surface area contributed by atoms with Crippen LogP contribution in [-0.4, -0.2) is 58.8 Å². The second kappa shape index (κ2) is 9.79. The molecular formula is C25H30N4O3S. The number of rotatable bonds is 5. The van der Waals surface area contributed by atoms with E-state index in [1.54, 1.807) is 28.6 Å². The monoisotopic (exact) mass is 466 g/mol. The van der Waals surface area contributed by atoms with Crippen LogP contribution in [-0.2, 0) is 4.74 Å². The summed E-state index contributed by atoms with van der Waals surface area (Å²) in [6, 6.07) is 12.0. The second-order valence-corrected chi connectivity index (χ2v) is 9.99. The van der Waals surface area contributed by atoms with Crippen molar-refractivity contribution in [2.75, 3.05) is 31.1 Å². The van der Waals surface area contributed by atoms with E-state index in [1.165, 1.54) is 5.56 Å². The van der Waals surface area contributed by atoms with Crippen molar-refractivity contribution in [2.45, 2.75) is 39.3 Å². The fourth-order valence-electron chi connectivity index (χ4n) is 3.62. The summed E-state index contributed by atoms with van der Waals surface area (Å²) in [4.78, 5) is 25.7. The third kappa shape index (κ3) is 6.01. The molecule has 7 nitrogen and oxygen atoms in total. The Kier molecular flexibility index (Phi) is 6.83. The van der Waals surface area contributed by atoms with Crippen LogP contribution >= 0.6 is 11.3 Å². The van der Waals surface area contributed by atoms with Crippen molar-refractivity contribution in [3.05, 3.63) is 59.7 Å². The number of pyridine rings is 1. The Balaban J connectivity index is 1.52. The summed E-state index contributed by atoms with van der Waals surface area (Å²) >= 11 is 1.61. The van der Waals surface area contributed by atoms with Gasteiger partial charge in [0.2, 0.25) is 0 Å². The molecule has 0 radical (unpaired) electrons. The maximum Gasteiger partial charge on any atom is 0.410 e. The number of nitrogens with zero attached hydrogens (tertiary/aromatic N) is 4. The molecule has 1 amide bonds. The molecule has 0 spiro atoms. The second-order valence-electron chi connectivity index (χ2n) is 9.15. The zero-order chi connectivity index (χ0) is 23.4. The summed E-state index contributed by atoms with van der Waals surface area (Å²) in [6.07, 6.45) is 3.11. The minimum Gasteiger partial charge on any atom is -0.490 e. The van der Waals surface area contributed by atoms with Gasteiger partial charge in [0.25, 0.3) is 0 Å². The number of ether oxygens (including phenoxy) is 2. The Hall–Kier alpha value is -3.13. The number of thiazole rings is 1. The van der Waals surface area contributed by atoms with Crippen LogP contribution in [0.4, 0.5) is 9.93 Å². The zero-order valence-corrected chi connectivity index (χ0v) is 20.3. The Morgan fingerprint density at radius 3 is 2.67 bits per heavy atom. The quantitative estimate of drug-likeness (QED) is 0.526. The van der Waals surface area contributed by atoms with Crippen molar-refractivity contribution >= 4 is 22.6 Å². The molecule has 1 aliphatic heterocycles. The standard InChI is InChI=1S/C25H30N4O3S/c1-18-7-9-19(10-8-18)22-17-33-23(27-22)29-13-12-28(24(30)32-25(2,3)4)15-20(29)16-31-21-6-5-11-26-14-21/h5-11,14,17,20H,12-13,15-16H2,1-4H3.